The van der Waals surface area contributed by atoms with Crippen LogP contribution < -0.4 is 51.4 Å². The van der Waals surface area contributed by atoms with Gasteiger partial charge in [-0.25, -0.2) is 0 Å². The molecular formula is C4H9KO2. The summed E-state index contributed by atoms with van der Waals surface area (Å²) in [7, 11) is 0. The molecule has 0 heterocycles. The van der Waals surface area contributed by atoms with Crippen LogP contribution in [0, 0.1) is 5.92 Å². The molecule has 0 aromatic heterocycles. The van der Waals surface area contributed by atoms with Crippen molar-refractivity contribution in [3.05, 3.63) is 0 Å². The number of carboxylic acid groups (broad SMARTS) is 1. The second-order valence-corrected chi connectivity index (χ2v) is 1.49. The van der Waals surface area contributed by atoms with Gasteiger partial charge >= 0.3 is 57.4 Å². The van der Waals surface area contributed by atoms with Crippen molar-refractivity contribution in [1.29, 1.82) is 0 Å². The molecule has 7 heavy (non-hydrogen) atoms. The Morgan fingerprint density at radius 1 is 1.71 bits per heavy atom. The van der Waals surface area contributed by atoms with Gasteiger partial charge in [0.1, 0.15) is 0 Å². The Labute approximate surface area is 87.2 Å². The number of carbonyl (C=O) groups is 1. The van der Waals surface area contributed by atoms with Gasteiger partial charge in [-0.05, 0) is 0 Å². The maximum Gasteiger partial charge on any atom is 1.00 e. The average Bonchev–Trinajstić information content (AvgIpc) is 1.36. The van der Waals surface area contributed by atoms with Crippen molar-refractivity contribution in [3.8, 4) is 0 Å². The van der Waals surface area contributed by atoms with E-state index in [0.717, 1.165) is 0 Å². The third-order valence-electron chi connectivity index (χ3n) is 0.494. The molecule has 0 fully saturated rings. The minimum absolute atomic E-state index is 0. The number of hydrogen-bond acceptors (Lipinski definition) is 1. The van der Waals surface area contributed by atoms with Gasteiger partial charge in [-0.15, -0.1) is 0 Å². The second kappa shape index (κ2) is 5.25. The van der Waals surface area contributed by atoms with Crippen LogP contribution in [0.15, 0.2) is 0 Å². The normalized spacial score (nSPS) is 7.86. The molecule has 0 rings (SSSR count). The Kier molecular flexibility index (Phi) is 8.23. The molecular weight excluding hydrogens is 119 g/mol. The fourth-order valence-corrected chi connectivity index (χ4v) is 0. The Bertz CT molecular complexity index is 65.1. The van der Waals surface area contributed by atoms with E-state index >= 15 is 0 Å². The average molecular weight is 128 g/mol. The van der Waals surface area contributed by atoms with E-state index in [0.29, 0.717) is 0 Å². The molecule has 0 radical (unpaired) electrons. The first kappa shape index (κ1) is 11.0. The summed E-state index contributed by atoms with van der Waals surface area (Å²) in [6.45, 7) is 3.28. The molecule has 3 heteroatoms. The second-order valence-electron chi connectivity index (χ2n) is 1.49. The molecule has 0 aromatic carbocycles. The predicted octanol–water partition coefficient (Wildman–Crippen LogP) is -2.16. The van der Waals surface area contributed by atoms with Gasteiger partial charge in [-0.3, -0.25) is 4.79 Å². The van der Waals surface area contributed by atoms with E-state index in [-0.39, 0.29) is 58.7 Å². The molecule has 0 unspecified atom stereocenters. The molecule has 0 aliphatic heterocycles. The van der Waals surface area contributed by atoms with Gasteiger partial charge in [0.05, 0.1) is 5.92 Å². The van der Waals surface area contributed by atoms with Crippen molar-refractivity contribution >= 4 is 5.97 Å². The predicted molar refractivity (Wildman–Crippen MR) is 23.6 cm³/mol. The summed E-state index contributed by atoms with van der Waals surface area (Å²) in [6.07, 6.45) is 0. The smallest absolute Gasteiger partial charge is 1.00 e. The zero-order valence-electron chi connectivity index (χ0n) is 5.93. The Hall–Kier alpha value is 1.11. The van der Waals surface area contributed by atoms with Crippen molar-refractivity contribution < 1.29 is 62.7 Å². The van der Waals surface area contributed by atoms with Crippen LogP contribution in [0.25, 0.3) is 0 Å². The molecule has 0 bridgehead atoms. The molecule has 0 aromatic rings. The monoisotopic (exact) mass is 128 g/mol. The van der Waals surface area contributed by atoms with E-state index in [1.54, 1.807) is 13.8 Å². The van der Waals surface area contributed by atoms with E-state index in [4.69, 9.17) is 5.11 Å². The van der Waals surface area contributed by atoms with Crippen molar-refractivity contribution in [2.75, 3.05) is 0 Å². The molecule has 0 saturated heterocycles. The van der Waals surface area contributed by atoms with Crippen LogP contribution in [0.5, 0.6) is 0 Å². The summed E-state index contributed by atoms with van der Waals surface area (Å²) in [5, 5.41) is 7.99. The Morgan fingerprint density at radius 3 is 1.86 bits per heavy atom. The van der Waals surface area contributed by atoms with Crippen LogP contribution in [-0.2, 0) is 4.79 Å². The van der Waals surface area contributed by atoms with E-state index in [1.165, 1.54) is 0 Å². The molecule has 2 nitrogen and oxygen atoms in total. The summed E-state index contributed by atoms with van der Waals surface area (Å²) in [5.74, 6) is -0.972. The van der Waals surface area contributed by atoms with Gasteiger partial charge in [0.15, 0.2) is 0 Å². The van der Waals surface area contributed by atoms with Crippen LogP contribution in [0.1, 0.15) is 15.3 Å². The Balaban J connectivity index is -0.000000125. The quantitative estimate of drug-likeness (QED) is 0.409. The van der Waals surface area contributed by atoms with Crippen molar-refractivity contribution in [3.63, 3.8) is 0 Å². The molecule has 0 atom stereocenters. The van der Waals surface area contributed by atoms with Crippen LogP contribution in [-0.4, -0.2) is 11.1 Å². The van der Waals surface area contributed by atoms with Gasteiger partial charge in [0.25, 0.3) is 0 Å². The van der Waals surface area contributed by atoms with Crippen molar-refractivity contribution in [1.82, 2.24) is 0 Å². The molecule has 1 N–H and O–H groups in total. The van der Waals surface area contributed by atoms with Gasteiger partial charge in [-0.1, -0.05) is 13.8 Å². The summed E-state index contributed by atoms with van der Waals surface area (Å²) < 4.78 is 0. The van der Waals surface area contributed by atoms with Crippen LogP contribution in [0.3, 0.4) is 0 Å². The molecule has 0 aliphatic carbocycles. The first-order valence-corrected chi connectivity index (χ1v) is 1.87. The Morgan fingerprint density at radius 2 is 1.86 bits per heavy atom. The number of hydrogen-bond donors (Lipinski definition) is 1. The van der Waals surface area contributed by atoms with Crippen LogP contribution >= 0.6 is 0 Å². The van der Waals surface area contributed by atoms with Gasteiger partial charge < -0.3 is 6.53 Å². The van der Waals surface area contributed by atoms with E-state index < -0.39 is 5.97 Å². The molecule has 38 valence electrons. The number of carboxylic acids is 1. The topological polar surface area (TPSA) is 37.3 Å². The van der Waals surface area contributed by atoms with Crippen LogP contribution in [0.4, 0.5) is 0 Å². The molecule has 0 saturated carbocycles. The van der Waals surface area contributed by atoms with E-state index in [2.05, 4.69) is 0 Å². The zero-order chi connectivity index (χ0) is 5.15. The zero-order valence-corrected chi connectivity index (χ0v) is 8.06. The van der Waals surface area contributed by atoms with Gasteiger partial charge in [-0.2, -0.15) is 0 Å². The molecule has 0 spiro atoms. The minimum Gasteiger partial charge on any atom is -1.00 e. The summed E-state index contributed by atoms with van der Waals surface area (Å²) in [4.78, 5) is 9.70. The summed E-state index contributed by atoms with van der Waals surface area (Å²) in [5.41, 5.74) is 0. The number of aliphatic carboxylic acids is 1. The molecule has 0 aliphatic rings. The SMILES string of the molecule is CC(C)C(=O)O.[H-].[K+]. The van der Waals surface area contributed by atoms with Crippen molar-refractivity contribution in [2.45, 2.75) is 13.8 Å². The first-order valence-electron chi connectivity index (χ1n) is 1.87. The fourth-order valence-electron chi connectivity index (χ4n) is 0. The van der Waals surface area contributed by atoms with Crippen LogP contribution in [0.2, 0.25) is 0 Å². The third-order valence-corrected chi connectivity index (χ3v) is 0.494. The third kappa shape index (κ3) is 7.11. The molecule has 0 amide bonds. The van der Waals surface area contributed by atoms with Crippen molar-refractivity contribution in [2.24, 2.45) is 5.92 Å². The maximum absolute atomic E-state index is 9.70. The number of rotatable bonds is 1. The summed E-state index contributed by atoms with van der Waals surface area (Å²) >= 11 is 0. The van der Waals surface area contributed by atoms with Gasteiger partial charge in [0, 0.05) is 0 Å². The first-order chi connectivity index (χ1) is 2.64. The minimum atomic E-state index is -0.741. The van der Waals surface area contributed by atoms with E-state index in [9.17, 15) is 4.79 Å². The standard InChI is InChI=1S/C4H8O2.K.H/c1-3(2)4(5)6;;/h3H,1-2H3,(H,5,6);;/q;+1;-1. The fraction of sp³-hybridized carbons (Fsp3) is 0.750. The van der Waals surface area contributed by atoms with Gasteiger partial charge in [0.2, 0.25) is 0 Å². The maximum atomic E-state index is 9.70. The largest absolute Gasteiger partial charge is 1.00 e. The van der Waals surface area contributed by atoms with E-state index in [1.807, 2.05) is 0 Å². The summed E-state index contributed by atoms with van der Waals surface area (Å²) in [6, 6.07) is 0.